The number of amides is 1. The van der Waals surface area contributed by atoms with E-state index in [2.05, 4.69) is 5.32 Å². The van der Waals surface area contributed by atoms with E-state index in [4.69, 9.17) is 5.73 Å². The summed E-state index contributed by atoms with van der Waals surface area (Å²) in [6.45, 7) is 2.93. The molecule has 1 heterocycles. The van der Waals surface area contributed by atoms with Gasteiger partial charge in [0.2, 0.25) is 5.91 Å². The topological polar surface area (TPSA) is 55.1 Å². The van der Waals surface area contributed by atoms with Crippen LogP contribution in [0.2, 0.25) is 0 Å². The van der Waals surface area contributed by atoms with E-state index in [1.54, 1.807) is 0 Å². The first-order valence-corrected chi connectivity index (χ1v) is 2.74. The normalized spacial score (nSPS) is 36.1. The second kappa shape index (κ2) is 1.74. The van der Waals surface area contributed by atoms with E-state index in [1.165, 1.54) is 0 Å². The van der Waals surface area contributed by atoms with Gasteiger partial charge in [0.05, 0.1) is 6.04 Å². The van der Waals surface area contributed by atoms with Gasteiger partial charge in [-0.05, 0) is 5.92 Å². The van der Waals surface area contributed by atoms with E-state index in [-0.39, 0.29) is 11.9 Å². The minimum Gasteiger partial charge on any atom is -0.368 e. The summed E-state index contributed by atoms with van der Waals surface area (Å²) in [5.41, 5.74) is 4.99. The second-order valence-electron chi connectivity index (χ2n) is 2.27. The summed E-state index contributed by atoms with van der Waals surface area (Å²) < 4.78 is 0. The Morgan fingerprint density at radius 1 is 1.88 bits per heavy atom. The summed E-state index contributed by atoms with van der Waals surface area (Å²) in [6, 6.07) is -0.0602. The summed E-state index contributed by atoms with van der Waals surface area (Å²) >= 11 is 0. The van der Waals surface area contributed by atoms with Crippen LogP contribution >= 0.6 is 0 Å². The van der Waals surface area contributed by atoms with Crippen LogP contribution in [-0.4, -0.2) is 18.5 Å². The lowest BCUT2D eigenvalue weighted by Crippen LogP contribution is -2.58. The van der Waals surface area contributed by atoms with Gasteiger partial charge in [0.25, 0.3) is 0 Å². The van der Waals surface area contributed by atoms with Crippen molar-refractivity contribution in [3.8, 4) is 0 Å². The maximum absolute atomic E-state index is 10.4. The predicted molar refractivity (Wildman–Crippen MR) is 30.1 cm³/mol. The molecule has 1 aliphatic rings. The molecule has 1 saturated heterocycles. The van der Waals surface area contributed by atoms with Crippen LogP contribution in [0.3, 0.4) is 0 Å². The highest BCUT2D eigenvalue weighted by Gasteiger charge is 2.30. The highest BCUT2D eigenvalue weighted by molar-refractivity contribution is 5.81. The molecule has 8 heavy (non-hydrogen) atoms. The van der Waals surface area contributed by atoms with E-state index in [0.29, 0.717) is 5.92 Å². The van der Waals surface area contributed by atoms with Crippen LogP contribution in [0, 0.1) is 5.92 Å². The van der Waals surface area contributed by atoms with Crippen LogP contribution in [0.15, 0.2) is 0 Å². The lowest BCUT2D eigenvalue weighted by Gasteiger charge is -2.32. The van der Waals surface area contributed by atoms with E-state index in [0.717, 1.165) is 6.54 Å². The third-order valence-corrected chi connectivity index (χ3v) is 1.54. The molecule has 0 aromatic heterocycles. The standard InChI is InChI=1S/C5H10N2O/c1-3-2-7-4(3)5(6)8/h3-4,7H,2H2,1H3,(H2,6,8). The SMILES string of the molecule is CC1CNC1C(N)=O. The molecule has 0 saturated carbocycles. The quantitative estimate of drug-likeness (QED) is 0.463. The molecule has 1 fully saturated rings. The molecule has 0 radical (unpaired) electrons. The number of nitrogens with two attached hydrogens (primary N) is 1. The van der Waals surface area contributed by atoms with Gasteiger partial charge in [0.1, 0.15) is 0 Å². The van der Waals surface area contributed by atoms with E-state index in [1.807, 2.05) is 6.92 Å². The monoisotopic (exact) mass is 114 g/mol. The highest BCUT2D eigenvalue weighted by atomic mass is 16.1. The fourth-order valence-electron chi connectivity index (χ4n) is 0.852. The smallest absolute Gasteiger partial charge is 0.234 e. The molecule has 0 aromatic rings. The van der Waals surface area contributed by atoms with Crippen molar-refractivity contribution < 1.29 is 4.79 Å². The third kappa shape index (κ3) is 0.690. The Kier molecular flexibility index (Phi) is 1.21. The third-order valence-electron chi connectivity index (χ3n) is 1.54. The number of rotatable bonds is 1. The molecule has 0 spiro atoms. The van der Waals surface area contributed by atoms with Crippen LogP contribution in [-0.2, 0) is 4.79 Å². The Labute approximate surface area is 48.2 Å². The molecule has 46 valence electrons. The fraction of sp³-hybridized carbons (Fsp3) is 0.800. The van der Waals surface area contributed by atoms with Gasteiger partial charge in [-0.25, -0.2) is 0 Å². The van der Waals surface area contributed by atoms with E-state index < -0.39 is 0 Å². The van der Waals surface area contributed by atoms with Gasteiger partial charge in [0.15, 0.2) is 0 Å². The Hall–Kier alpha value is -0.570. The van der Waals surface area contributed by atoms with E-state index in [9.17, 15) is 4.79 Å². The van der Waals surface area contributed by atoms with Gasteiger partial charge in [-0.15, -0.1) is 0 Å². The molecule has 1 amide bonds. The summed E-state index contributed by atoms with van der Waals surface area (Å²) in [4.78, 5) is 10.4. The van der Waals surface area contributed by atoms with E-state index >= 15 is 0 Å². The Bertz CT molecular complexity index is 113. The lowest BCUT2D eigenvalue weighted by molar-refractivity contribution is -0.123. The molecule has 0 aromatic carbocycles. The number of hydrogen-bond donors (Lipinski definition) is 2. The first-order valence-electron chi connectivity index (χ1n) is 2.74. The van der Waals surface area contributed by atoms with Crippen molar-refractivity contribution in [2.45, 2.75) is 13.0 Å². The highest BCUT2D eigenvalue weighted by Crippen LogP contribution is 2.09. The number of carbonyl (C=O) groups is 1. The number of primary amides is 1. The van der Waals surface area contributed by atoms with Crippen molar-refractivity contribution in [1.29, 1.82) is 0 Å². The summed E-state index contributed by atoms with van der Waals surface area (Å²) in [5, 5.41) is 2.92. The predicted octanol–water partition coefficient (Wildman–Crippen LogP) is -0.920. The minimum atomic E-state index is -0.233. The van der Waals surface area contributed by atoms with Gasteiger partial charge in [0, 0.05) is 6.54 Å². The minimum absolute atomic E-state index is 0.0602. The number of nitrogens with one attached hydrogen (secondary N) is 1. The molecular formula is C5H10N2O. The first-order chi connectivity index (χ1) is 3.72. The first kappa shape index (κ1) is 5.56. The van der Waals surface area contributed by atoms with Crippen molar-refractivity contribution >= 4 is 5.91 Å². The van der Waals surface area contributed by atoms with Crippen LogP contribution in [0.25, 0.3) is 0 Å². The molecule has 2 unspecified atom stereocenters. The zero-order chi connectivity index (χ0) is 6.15. The molecule has 0 bridgehead atoms. The zero-order valence-corrected chi connectivity index (χ0v) is 4.85. The molecule has 3 N–H and O–H groups in total. The van der Waals surface area contributed by atoms with Gasteiger partial charge < -0.3 is 11.1 Å². The maximum Gasteiger partial charge on any atom is 0.234 e. The average molecular weight is 114 g/mol. The Morgan fingerprint density at radius 2 is 2.50 bits per heavy atom. The largest absolute Gasteiger partial charge is 0.368 e. The van der Waals surface area contributed by atoms with Crippen molar-refractivity contribution in [1.82, 2.24) is 5.32 Å². The van der Waals surface area contributed by atoms with Gasteiger partial charge in [-0.3, -0.25) is 4.79 Å². The Morgan fingerprint density at radius 3 is 2.50 bits per heavy atom. The van der Waals surface area contributed by atoms with Crippen molar-refractivity contribution in [2.75, 3.05) is 6.54 Å². The molecule has 3 nitrogen and oxygen atoms in total. The lowest BCUT2D eigenvalue weighted by atomic mass is 9.94. The van der Waals surface area contributed by atoms with Crippen molar-refractivity contribution in [3.05, 3.63) is 0 Å². The maximum atomic E-state index is 10.4. The second-order valence-corrected chi connectivity index (χ2v) is 2.27. The number of hydrogen-bond acceptors (Lipinski definition) is 2. The van der Waals surface area contributed by atoms with Gasteiger partial charge in [-0.1, -0.05) is 6.92 Å². The summed E-state index contributed by atoms with van der Waals surface area (Å²) in [6.07, 6.45) is 0. The van der Waals surface area contributed by atoms with Crippen LogP contribution in [0.1, 0.15) is 6.92 Å². The van der Waals surface area contributed by atoms with Gasteiger partial charge >= 0.3 is 0 Å². The molecular weight excluding hydrogens is 104 g/mol. The molecule has 3 heteroatoms. The van der Waals surface area contributed by atoms with Crippen molar-refractivity contribution in [3.63, 3.8) is 0 Å². The summed E-state index contributed by atoms with van der Waals surface area (Å²) in [5.74, 6) is 0.205. The Balaban J connectivity index is 2.37. The van der Waals surface area contributed by atoms with Crippen LogP contribution in [0.5, 0.6) is 0 Å². The number of carbonyl (C=O) groups excluding carboxylic acids is 1. The van der Waals surface area contributed by atoms with Crippen molar-refractivity contribution in [2.24, 2.45) is 11.7 Å². The average Bonchev–Trinajstić information content (AvgIpc) is 1.61. The molecule has 0 aliphatic carbocycles. The molecule has 1 rings (SSSR count). The van der Waals surface area contributed by atoms with Crippen LogP contribution < -0.4 is 11.1 Å². The molecule has 2 atom stereocenters. The van der Waals surface area contributed by atoms with Crippen LogP contribution in [0.4, 0.5) is 0 Å². The fourth-order valence-corrected chi connectivity index (χ4v) is 0.852. The summed E-state index contributed by atoms with van der Waals surface area (Å²) in [7, 11) is 0. The van der Waals surface area contributed by atoms with Gasteiger partial charge in [-0.2, -0.15) is 0 Å². The zero-order valence-electron chi connectivity index (χ0n) is 4.85. The molecule has 1 aliphatic heterocycles.